The largest absolute Gasteiger partial charge is 0.358 e. The first-order chi connectivity index (χ1) is 19.4. The minimum absolute atomic E-state index is 0.0974. The van der Waals surface area contributed by atoms with Gasteiger partial charge in [0, 0.05) is 69.6 Å². The first-order valence-corrected chi connectivity index (χ1v) is 13.5. The van der Waals surface area contributed by atoms with Crippen LogP contribution in [0.3, 0.4) is 0 Å². The molecule has 0 radical (unpaired) electrons. The lowest BCUT2D eigenvalue weighted by Gasteiger charge is -2.24. The SMILES string of the molecule is CN=CC(C=N)c1ccc(-c2c3c(nn2C)CC/C2=C/N=C(Nc4ccn(CC(=O)NC)n4)CCC(C)=C23)cc1. The van der Waals surface area contributed by atoms with Crippen molar-refractivity contribution < 1.29 is 4.79 Å². The summed E-state index contributed by atoms with van der Waals surface area (Å²) in [5.74, 6) is 1.29. The summed E-state index contributed by atoms with van der Waals surface area (Å²) < 4.78 is 3.60. The molecule has 5 rings (SSSR count). The normalized spacial score (nSPS) is 17.2. The van der Waals surface area contributed by atoms with Gasteiger partial charge in [0.2, 0.25) is 5.91 Å². The molecule has 1 aliphatic heterocycles. The Morgan fingerprint density at radius 3 is 2.67 bits per heavy atom. The standard InChI is InChI=1S/C30H35N9O/c1-19-5-12-25(35-26-13-14-39(37-26)18-27(40)33-3)34-17-22-10-11-24-29(28(19)22)30(38(4)36-24)21-8-6-20(7-9-21)23(15-31)16-32-2/h6-9,13-17,23,31H,5,10-12,18H2,1-4H3,(H,33,40)(H,34,35,37)/b22-17-,28-19?,31-15?,32-16?. The van der Waals surface area contributed by atoms with Crippen LogP contribution in [0.2, 0.25) is 0 Å². The monoisotopic (exact) mass is 537 g/mol. The van der Waals surface area contributed by atoms with Crippen LogP contribution in [0.1, 0.15) is 48.9 Å². The maximum atomic E-state index is 11.7. The number of amidine groups is 1. The second kappa shape index (κ2) is 11.6. The van der Waals surface area contributed by atoms with Crippen molar-refractivity contribution in [1.82, 2.24) is 24.9 Å². The summed E-state index contributed by atoms with van der Waals surface area (Å²) in [6.45, 7) is 2.38. The highest BCUT2D eigenvalue weighted by Crippen LogP contribution is 2.43. The number of fused-ring (bicyclic) bond motifs is 3. The van der Waals surface area contributed by atoms with Gasteiger partial charge in [0.05, 0.1) is 17.3 Å². The number of hydrogen-bond donors (Lipinski definition) is 3. The van der Waals surface area contributed by atoms with Gasteiger partial charge in [-0.2, -0.15) is 10.2 Å². The topological polar surface area (TPSA) is 125 Å². The van der Waals surface area contributed by atoms with E-state index in [1.807, 2.05) is 24.0 Å². The summed E-state index contributed by atoms with van der Waals surface area (Å²) in [5.41, 5.74) is 9.32. The number of likely N-dealkylation sites (N-methyl/N-ethyl adjacent to an activating group) is 1. The van der Waals surface area contributed by atoms with E-state index in [0.717, 1.165) is 54.0 Å². The van der Waals surface area contributed by atoms with Crippen LogP contribution in [0.15, 0.2) is 63.9 Å². The molecule has 1 unspecified atom stereocenters. The van der Waals surface area contributed by atoms with Crippen LogP contribution in [-0.4, -0.2) is 57.8 Å². The number of carbonyl (C=O) groups excluding carboxylic acids is 1. The van der Waals surface area contributed by atoms with E-state index in [0.29, 0.717) is 5.82 Å². The molecule has 0 fully saturated rings. The molecule has 10 nitrogen and oxygen atoms in total. The molecule has 0 spiro atoms. The van der Waals surface area contributed by atoms with Crippen LogP contribution in [0.4, 0.5) is 5.82 Å². The first-order valence-electron chi connectivity index (χ1n) is 13.5. The van der Waals surface area contributed by atoms with Crippen molar-refractivity contribution in [1.29, 1.82) is 5.41 Å². The quantitative estimate of drug-likeness (QED) is 0.387. The molecule has 206 valence electrons. The maximum Gasteiger partial charge on any atom is 0.241 e. The average Bonchev–Trinajstić information content (AvgIpc) is 3.54. The summed E-state index contributed by atoms with van der Waals surface area (Å²) in [6.07, 6.45) is 10.3. The number of allylic oxidation sites excluding steroid dienone is 3. The highest BCUT2D eigenvalue weighted by Gasteiger charge is 2.29. The number of rotatable bonds is 7. The Kier molecular flexibility index (Phi) is 7.86. The molecule has 1 aliphatic carbocycles. The van der Waals surface area contributed by atoms with Crippen molar-refractivity contribution >= 4 is 35.6 Å². The molecule has 0 bridgehead atoms. The van der Waals surface area contributed by atoms with E-state index in [1.165, 1.54) is 28.5 Å². The van der Waals surface area contributed by atoms with Crippen LogP contribution in [0.25, 0.3) is 16.8 Å². The predicted octanol–water partition coefficient (Wildman–Crippen LogP) is 4.37. The molecule has 0 saturated heterocycles. The van der Waals surface area contributed by atoms with Crippen molar-refractivity contribution in [3.05, 3.63) is 70.7 Å². The lowest BCUT2D eigenvalue weighted by Crippen LogP contribution is -2.23. The third kappa shape index (κ3) is 5.42. The van der Waals surface area contributed by atoms with E-state index in [4.69, 9.17) is 15.5 Å². The van der Waals surface area contributed by atoms with Crippen molar-refractivity contribution in [2.24, 2.45) is 17.0 Å². The summed E-state index contributed by atoms with van der Waals surface area (Å²) in [5, 5.41) is 23.1. The van der Waals surface area contributed by atoms with Gasteiger partial charge in [-0.15, -0.1) is 0 Å². The van der Waals surface area contributed by atoms with Crippen molar-refractivity contribution in [2.45, 2.75) is 45.1 Å². The van der Waals surface area contributed by atoms with Crippen molar-refractivity contribution in [2.75, 3.05) is 19.4 Å². The maximum absolute atomic E-state index is 11.7. The van der Waals surface area contributed by atoms with Crippen molar-refractivity contribution in [3.63, 3.8) is 0 Å². The Balaban J connectivity index is 1.44. The van der Waals surface area contributed by atoms with E-state index >= 15 is 0 Å². The molecule has 1 aromatic carbocycles. The van der Waals surface area contributed by atoms with E-state index in [9.17, 15) is 4.79 Å². The minimum Gasteiger partial charge on any atom is -0.358 e. The summed E-state index contributed by atoms with van der Waals surface area (Å²) in [4.78, 5) is 20.6. The molecule has 2 aromatic heterocycles. The molecular formula is C30H35N9O. The summed E-state index contributed by atoms with van der Waals surface area (Å²) in [7, 11) is 5.36. The van der Waals surface area contributed by atoms with Crippen LogP contribution in [0.5, 0.6) is 0 Å². The lowest BCUT2D eigenvalue weighted by atomic mass is 9.81. The highest BCUT2D eigenvalue weighted by atomic mass is 16.1. The van der Waals surface area contributed by atoms with E-state index in [2.05, 4.69) is 51.9 Å². The fraction of sp³-hybridized carbons (Fsp3) is 0.333. The zero-order chi connectivity index (χ0) is 28.2. The Morgan fingerprint density at radius 1 is 1.15 bits per heavy atom. The van der Waals surface area contributed by atoms with Gasteiger partial charge in [-0.05, 0) is 42.9 Å². The third-order valence-corrected chi connectivity index (χ3v) is 7.42. The number of aliphatic imine (C=N–C) groups is 2. The zero-order valence-electron chi connectivity index (χ0n) is 23.4. The number of anilines is 1. The Morgan fingerprint density at radius 2 is 1.95 bits per heavy atom. The number of aromatic nitrogens is 4. The Bertz CT molecular complexity index is 1550. The fourth-order valence-electron chi connectivity index (χ4n) is 5.39. The van der Waals surface area contributed by atoms with Gasteiger partial charge in [-0.25, -0.2) is 4.99 Å². The number of hydrogen-bond acceptors (Lipinski definition) is 7. The molecule has 2 aliphatic rings. The lowest BCUT2D eigenvalue weighted by molar-refractivity contribution is -0.121. The first kappa shape index (κ1) is 27.0. The van der Waals surface area contributed by atoms with Gasteiger partial charge in [0.1, 0.15) is 12.4 Å². The van der Waals surface area contributed by atoms with Crippen LogP contribution in [-0.2, 0) is 24.8 Å². The van der Waals surface area contributed by atoms with Gasteiger partial charge < -0.3 is 16.0 Å². The molecule has 10 heteroatoms. The summed E-state index contributed by atoms with van der Waals surface area (Å²) in [6, 6.07) is 10.2. The molecule has 40 heavy (non-hydrogen) atoms. The van der Waals surface area contributed by atoms with Crippen LogP contribution in [0, 0.1) is 5.41 Å². The molecule has 3 aromatic rings. The molecular weight excluding hydrogens is 502 g/mol. The van der Waals surface area contributed by atoms with Gasteiger partial charge in [0.15, 0.2) is 5.82 Å². The number of aryl methyl sites for hydroxylation is 2. The van der Waals surface area contributed by atoms with Gasteiger partial charge in [-0.3, -0.25) is 19.2 Å². The van der Waals surface area contributed by atoms with E-state index in [-0.39, 0.29) is 18.4 Å². The Labute approximate surface area is 234 Å². The number of nitrogens with one attached hydrogen (secondary N) is 3. The van der Waals surface area contributed by atoms with Crippen molar-refractivity contribution in [3.8, 4) is 11.3 Å². The number of carbonyl (C=O) groups is 1. The number of nitrogens with zero attached hydrogens (tertiary/aromatic N) is 6. The van der Waals surface area contributed by atoms with Gasteiger partial charge in [0.25, 0.3) is 0 Å². The predicted molar refractivity (Wildman–Crippen MR) is 160 cm³/mol. The average molecular weight is 538 g/mol. The second-order valence-electron chi connectivity index (χ2n) is 10.1. The summed E-state index contributed by atoms with van der Waals surface area (Å²) >= 11 is 0. The van der Waals surface area contributed by atoms with Crippen LogP contribution < -0.4 is 10.6 Å². The third-order valence-electron chi connectivity index (χ3n) is 7.42. The number of benzene rings is 1. The highest BCUT2D eigenvalue weighted by molar-refractivity contribution is 5.97. The molecule has 3 heterocycles. The van der Waals surface area contributed by atoms with E-state index < -0.39 is 0 Å². The van der Waals surface area contributed by atoms with Gasteiger partial charge in [-0.1, -0.05) is 29.8 Å². The zero-order valence-corrected chi connectivity index (χ0v) is 23.4. The van der Waals surface area contributed by atoms with Gasteiger partial charge >= 0.3 is 0 Å². The minimum atomic E-state index is -0.130. The van der Waals surface area contributed by atoms with E-state index in [1.54, 1.807) is 31.2 Å². The Hall–Kier alpha value is -4.60. The fourth-order valence-corrected chi connectivity index (χ4v) is 5.39. The second-order valence-corrected chi connectivity index (χ2v) is 10.1. The molecule has 3 N–H and O–H groups in total. The number of amides is 1. The van der Waals surface area contributed by atoms with Crippen LogP contribution >= 0.6 is 0 Å². The smallest absolute Gasteiger partial charge is 0.241 e. The molecule has 1 atom stereocenters. The molecule has 0 saturated carbocycles. The molecule has 1 amide bonds.